The summed E-state index contributed by atoms with van der Waals surface area (Å²) >= 11 is 0. The van der Waals surface area contributed by atoms with Gasteiger partial charge in [0.1, 0.15) is 0 Å². The molecule has 0 saturated carbocycles. The van der Waals surface area contributed by atoms with E-state index in [9.17, 15) is 0 Å². The van der Waals surface area contributed by atoms with E-state index in [2.05, 4.69) is 53.1 Å². The molecule has 5 nitrogen and oxygen atoms in total. The minimum absolute atomic E-state index is 0.0515. The quantitative estimate of drug-likeness (QED) is 0.374. The maximum absolute atomic E-state index is 8.87. The molecule has 1 aliphatic rings. The second-order valence-corrected chi connectivity index (χ2v) is 5.69. The number of benzene rings is 1. The SMILES string of the molecule is CCC(C(N)=NO)N1CCN(Cc2ccccc2C)CC1. The van der Waals surface area contributed by atoms with Crippen molar-refractivity contribution in [1.82, 2.24) is 9.80 Å². The van der Waals surface area contributed by atoms with Crippen LogP contribution in [0, 0.1) is 6.92 Å². The van der Waals surface area contributed by atoms with Crippen molar-refractivity contribution >= 4 is 5.84 Å². The number of piperazine rings is 1. The summed E-state index contributed by atoms with van der Waals surface area (Å²) in [7, 11) is 0. The monoisotopic (exact) mass is 290 g/mol. The third kappa shape index (κ3) is 3.95. The summed E-state index contributed by atoms with van der Waals surface area (Å²) in [6.45, 7) is 9.19. The van der Waals surface area contributed by atoms with Crippen LogP contribution >= 0.6 is 0 Å². The predicted octanol–water partition coefficient (Wildman–Crippen LogP) is 1.64. The Morgan fingerprint density at radius 2 is 1.95 bits per heavy atom. The van der Waals surface area contributed by atoms with Gasteiger partial charge in [-0.3, -0.25) is 9.80 Å². The van der Waals surface area contributed by atoms with Gasteiger partial charge in [-0.15, -0.1) is 0 Å². The van der Waals surface area contributed by atoms with E-state index in [1.54, 1.807) is 0 Å². The van der Waals surface area contributed by atoms with Crippen molar-refractivity contribution in [1.29, 1.82) is 0 Å². The molecule has 0 spiro atoms. The molecule has 1 aromatic rings. The van der Waals surface area contributed by atoms with Gasteiger partial charge in [-0.25, -0.2) is 0 Å². The van der Waals surface area contributed by atoms with E-state index in [0.29, 0.717) is 5.84 Å². The van der Waals surface area contributed by atoms with Crippen LogP contribution in [0.15, 0.2) is 29.4 Å². The highest BCUT2D eigenvalue weighted by Gasteiger charge is 2.25. The Balaban J connectivity index is 1.90. The van der Waals surface area contributed by atoms with Gasteiger partial charge in [-0.1, -0.05) is 36.3 Å². The topological polar surface area (TPSA) is 65.1 Å². The first-order chi connectivity index (χ1) is 10.2. The number of nitrogens with zero attached hydrogens (tertiary/aromatic N) is 3. The first kappa shape index (κ1) is 15.8. The molecule has 1 heterocycles. The molecule has 0 aliphatic carbocycles. The van der Waals surface area contributed by atoms with Crippen molar-refractivity contribution in [3.8, 4) is 0 Å². The highest BCUT2D eigenvalue weighted by molar-refractivity contribution is 5.85. The Labute approximate surface area is 127 Å². The summed E-state index contributed by atoms with van der Waals surface area (Å²) in [6, 6.07) is 8.60. The molecule has 1 aromatic carbocycles. The molecular formula is C16H26N4O. The lowest BCUT2D eigenvalue weighted by atomic mass is 10.1. The van der Waals surface area contributed by atoms with Crippen molar-refractivity contribution in [3.63, 3.8) is 0 Å². The Bertz CT molecular complexity index is 481. The lowest BCUT2D eigenvalue weighted by molar-refractivity contribution is 0.109. The van der Waals surface area contributed by atoms with E-state index in [0.717, 1.165) is 39.1 Å². The maximum atomic E-state index is 8.87. The van der Waals surface area contributed by atoms with Gasteiger partial charge >= 0.3 is 0 Å². The Morgan fingerprint density at radius 3 is 2.52 bits per heavy atom. The van der Waals surface area contributed by atoms with Gasteiger partial charge in [0.2, 0.25) is 0 Å². The third-order valence-corrected chi connectivity index (χ3v) is 4.35. The largest absolute Gasteiger partial charge is 0.409 e. The van der Waals surface area contributed by atoms with Gasteiger partial charge in [0.25, 0.3) is 0 Å². The minimum Gasteiger partial charge on any atom is -0.409 e. The van der Waals surface area contributed by atoms with Crippen LogP contribution in [0.3, 0.4) is 0 Å². The van der Waals surface area contributed by atoms with Crippen molar-refractivity contribution in [2.75, 3.05) is 26.2 Å². The minimum atomic E-state index is 0.0515. The van der Waals surface area contributed by atoms with Gasteiger partial charge in [0, 0.05) is 32.7 Å². The van der Waals surface area contributed by atoms with Crippen LogP contribution in [0.25, 0.3) is 0 Å². The van der Waals surface area contributed by atoms with Crippen molar-refractivity contribution in [2.24, 2.45) is 10.9 Å². The van der Waals surface area contributed by atoms with Crippen LogP contribution in [-0.2, 0) is 6.54 Å². The summed E-state index contributed by atoms with van der Waals surface area (Å²) in [5.41, 5.74) is 8.53. The average molecular weight is 290 g/mol. The fourth-order valence-corrected chi connectivity index (χ4v) is 2.98. The van der Waals surface area contributed by atoms with Crippen molar-refractivity contribution in [2.45, 2.75) is 32.9 Å². The molecule has 3 N–H and O–H groups in total. The molecule has 2 rings (SSSR count). The second-order valence-electron chi connectivity index (χ2n) is 5.69. The van der Waals surface area contributed by atoms with Crippen LogP contribution < -0.4 is 5.73 Å². The summed E-state index contributed by atoms with van der Waals surface area (Å²) in [4.78, 5) is 4.78. The highest BCUT2D eigenvalue weighted by atomic mass is 16.4. The normalized spacial score (nSPS) is 19.6. The third-order valence-electron chi connectivity index (χ3n) is 4.35. The van der Waals surface area contributed by atoms with Gasteiger partial charge in [-0.2, -0.15) is 0 Å². The fraction of sp³-hybridized carbons (Fsp3) is 0.562. The molecule has 0 amide bonds. The number of nitrogens with two attached hydrogens (primary N) is 1. The van der Waals surface area contributed by atoms with E-state index in [4.69, 9.17) is 10.9 Å². The number of rotatable bonds is 5. The highest BCUT2D eigenvalue weighted by Crippen LogP contribution is 2.14. The molecule has 0 bridgehead atoms. The number of hydrogen-bond donors (Lipinski definition) is 2. The van der Waals surface area contributed by atoms with Crippen molar-refractivity contribution < 1.29 is 5.21 Å². The molecule has 1 unspecified atom stereocenters. The summed E-state index contributed by atoms with van der Waals surface area (Å²) in [6.07, 6.45) is 0.869. The van der Waals surface area contributed by atoms with Crippen LogP contribution in [-0.4, -0.2) is 53.1 Å². The van der Waals surface area contributed by atoms with Crippen LogP contribution in [0.4, 0.5) is 0 Å². The zero-order valence-electron chi connectivity index (χ0n) is 13.0. The van der Waals surface area contributed by atoms with Crippen LogP contribution in [0.1, 0.15) is 24.5 Å². The molecule has 1 fully saturated rings. The van der Waals surface area contributed by atoms with Gasteiger partial charge in [0.05, 0.1) is 6.04 Å². The number of amidine groups is 1. The smallest absolute Gasteiger partial charge is 0.156 e. The zero-order chi connectivity index (χ0) is 15.2. The lowest BCUT2D eigenvalue weighted by Crippen LogP contribution is -2.53. The molecule has 1 aliphatic heterocycles. The van der Waals surface area contributed by atoms with E-state index < -0.39 is 0 Å². The molecule has 5 heteroatoms. The fourth-order valence-electron chi connectivity index (χ4n) is 2.98. The molecule has 116 valence electrons. The Kier molecular flexibility index (Phi) is 5.59. The van der Waals surface area contributed by atoms with E-state index in [1.807, 2.05) is 0 Å². The average Bonchev–Trinajstić information content (AvgIpc) is 2.51. The predicted molar refractivity (Wildman–Crippen MR) is 85.5 cm³/mol. The van der Waals surface area contributed by atoms with E-state index >= 15 is 0 Å². The first-order valence-corrected chi connectivity index (χ1v) is 7.64. The molecule has 21 heavy (non-hydrogen) atoms. The molecule has 0 aromatic heterocycles. The number of oxime groups is 1. The Morgan fingerprint density at radius 1 is 1.29 bits per heavy atom. The standard InChI is InChI=1S/C16H26N4O/c1-3-15(16(17)18-21)20-10-8-19(9-11-20)12-14-7-5-4-6-13(14)2/h4-7,15,21H,3,8-12H2,1-2H3,(H2,17,18). The number of hydrogen-bond acceptors (Lipinski definition) is 4. The first-order valence-electron chi connectivity index (χ1n) is 7.64. The summed E-state index contributed by atoms with van der Waals surface area (Å²) in [5.74, 6) is 0.324. The molecule has 0 radical (unpaired) electrons. The van der Waals surface area contributed by atoms with Crippen LogP contribution in [0.5, 0.6) is 0 Å². The van der Waals surface area contributed by atoms with Gasteiger partial charge < -0.3 is 10.9 Å². The maximum Gasteiger partial charge on any atom is 0.156 e. The van der Waals surface area contributed by atoms with Crippen molar-refractivity contribution in [3.05, 3.63) is 35.4 Å². The zero-order valence-corrected chi connectivity index (χ0v) is 13.0. The van der Waals surface area contributed by atoms with E-state index in [-0.39, 0.29) is 6.04 Å². The Hall–Kier alpha value is -1.59. The molecule has 1 saturated heterocycles. The van der Waals surface area contributed by atoms with Gasteiger partial charge in [0.15, 0.2) is 5.84 Å². The van der Waals surface area contributed by atoms with Crippen LogP contribution in [0.2, 0.25) is 0 Å². The number of aryl methyl sites for hydroxylation is 1. The molecular weight excluding hydrogens is 264 g/mol. The van der Waals surface area contributed by atoms with E-state index in [1.165, 1.54) is 11.1 Å². The lowest BCUT2D eigenvalue weighted by Gasteiger charge is -2.38. The van der Waals surface area contributed by atoms with Gasteiger partial charge in [-0.05, 0) is 24.5 Å². The summed E-state index contributed by atoms with van der Waals surface area (Å²) in [5, 5.41) is 12.0. The molecule has 1 atom stereocenters. The summed E-state index contributed by atoms with van der Waals surface area (Å²) < 4.78 is 0. The second kappa shape index (κ2) is 7.43.